The summed E-state index contributed by atoms with van der Waals surface area (Å²) in [6.07, 6.45) is 3.90. The number of para-hydroxylation sites is 1. The maximum atomic E-state index is 9.41. The molecule has 0 atom stereocenters. The highest BCUT2D eigenvalue weighted by Crippen LogP contribution is 2.27. The van der Waals surface area contributed by atoms with Crippen LogP contribution in [-0.4, -0.2) is 25.0 Å². The lowest BCUT2D eigenvalue weighted by molar-refractivity contribution is 0.354. The predicted molar refractivity (Wildman–Crippen MR) is 126 cm³/mol. The molecule has 0 aliphatic carbocycles. The standard InChI is InChI=1S/C26H24N4O2/c1-31-25-12-11-19(13-26(25)32-2)15-28-29-16-22-18-30(24-10-6-5-9-23(22)24)17-21-8-4-3-7-20(21)14-27/h3-13,16,18,28H,15,17H2,1-2H3/b29-16+. The summed E-state index contributed by atoms with van der Waals surface area (Å²) in [4.78, 5) is 0. The highest BCUT2D eigenvalue weighted by atomic mass is 16.5. The van der Waals surface area contributed by atoms with Crippen molar-refractivity contribution in [1.82, 2.24) is 9.99 Å². The Morgan fingerprint density at radius 3 is 2.59 bits per heavy atom. The zero-order chi connectivity index (χ0) is 22.3. The van der Waals surface area contributed by atoms with Gasteiger partial charge in [-0.3, -0.25) is 0 Å². The average molecular weight is 425 g/mol. The lowest BCUT2D eigenvalue weighted by Gasteiger charge is -2.09. The molecular weight excluding hydrogens is 400 g/mol. The van der Waals surface area contributed by atoms with E-state index < -0.39 is 0 Å². The molecule has 1 aromatic heterocycles. The van der Waals surface area contributed by atoms with Gasteiger partial charge >= 0.3 is 0 Å². The van der Waals surface area contributed by atoms with E-state index in [9.17, 15) is 5.26 Å². The summed E-state index contributed by atoms with van der Waals surface area (Å²) in [7, 11) is 3.24. The number of benzene rings is 3. The Bertz CT molecular complexity index is 1300. The third kappa shape index (κ3) is 4.42. The Balaban J connectivity index is 1.52. The maximum absolute atomic E-state index is 9.41. The van der Waals surface area contributed by atoms with Gasteiger partial charge in [0.05, 0.1) is 38.6 Å². The van der Waals surface area contributed by atoms with Crippen molar-refractivity contribution in [2.24, 2.45) is 5.10 Å². The van der Waals surface area contributed by atoms with Crippen molar-refractivity contribution in [2.45, 2.75) is 13.1 Å². The minimum atomic E-state index is 0.561. The molecule has 0 radical (unpaired) electrons. The summed E-state index contributed by atoms with van der Waals surface area (Å²) in [6, 6.07) is 24.0. The Hall–Kier alpha value is -4.24. The van der Waals surface area contributed by atoms with Crippen LogP contribution in [-0.2, 0) is 13.1 Å². The van der Waals surface area contributed by atoms with Gasteiger partial charge in [-0.1, -0.05) is 42.5 Å². The maximum Gasteiger partial charge on any atom is 0.161 e. The number of hydrazone groups is 1. The van der Waals surface area contributed by atoms with Crippen molar-refractivity contribution in [3.8, 4) is 17.6 Å². The van der Waals surface area contributed by atoms with Gasteiger partial charge in [0.25, 0.3) is 0 Å². The van der Waals surface area contributed by atoms with Crippen molar-refractivity contribution in [3.05, 3.63) is 95.2 Å². The highest BCUT2D eigenvalue weighted by molar-refractivity contribution is 5.99. The molecule has 0 spiro atoms. The first-order valence-corrected chi connectivity index (χ1v) is 10.3. The first-order valence-electron chi connectivity index (χ1n) is 10.3. The monoisotopic (exact) mass is 424 g/mol. The molecule has 4 aromatic rings. The van der Waals surface area contributed by atoms with Crippen LogP contribution in [0.5, 0.6) is 11.5 Å². The lowest BCUT2D eigenvalue weighted by Crippen LogP contribution is -2.06. The number of rotatable bonds is 8. The normalized spacial score (nSPS) is 10.9. The fourth-order valence-corrected chi connectivity index (χ4v) is 3.70. The number of methoxy groups -OCH3 is 2. The molecule has 0 aliphatic rings. The first-order chi connectivity index (χ1) is 15.7. The minimum Gasteiger partial charge on any atom is -0.493 e. The second-order valence-corrected chi connectivity index (χ2v) is 7.28. The summed E-state index contributed by atoms with van der Waals surface area (Å²) < 4.78 is 12.8. The number of hydrogen-bond acceptors (Lipinski definition) is 5. The Morgan fingerprint density at radius 2 is 1.78 bits per heavy atom. The van der Waals surface area contributed by atoms with E-state index >= 15 is 0 Å². The average Bonchev–Trinajstić information content (AvgIpc) is 3.19. The summed E-state index contributed by atoms with van der Waals surface area (Å²) in [5.74, 6) is 1.39. The van der Waals surface area contributed by atoms with Gasteiger partial charge < -0.3 is 19.5 Å². The van der Waals surface area contributed by atoms with Crippen molar-refractivity contribution < 1.29 is 9.47 Å². The van der Waals surface area contributed by atoms with Crippen LogP contribution in [0.25, 0.3) is 10.9 Å². The SMILES string of the molecule is COc1ccc(CN/N=C/c2cn(Cc3ccccc3C#N)c3ccccc23)cc1OC. The number of ether oxygens (including phenoxy) is 2. The van der Waals surface area contributed by atoms with Gasteiger partial charge in [0.15, 0.2) is 11.5 Å². The topological polar surface area (TPSA) is 71.6 Å². The zero-order valence-corrected chi connectivity index (χ0v) is 18.1. The van der Waals surface area contributed by atoms with Gasteiger partial charge in [-0.25, -0.2) is 0 Å². The minimum absolute atomic E-state index is 0.561. The fraction of sp³-hybridized carbons (Fsp3) is 0.154. The molecular formula is C26H24N4O2. The molecule has 4 rings (SSSR count). The van der Waals surface area contributed by atoms with Crippen LogP contribution in [0.2, 0.25) is 0 Å². The van der Waals surface area contributed by atoms with Gasteiger partial charge in [0, 0.05) is 29.2 Å². The Labute approximate surface area is 187 Å². The van der Waals surface area contributed by atoms with Crippen LogP contribution >= 0.6 is 0 Å². The van der Waals surface area contributed by atoms with Crippen molar-refractivity contribution in [3.63, 3.8) is 0 Å². The smallest absolute Gasteiger partial charge is 0.161 e. The molecule has 0 unspecified atom stereocenters. The van der Waals surface area contributed by atoms with Crippen molar-refractivity contribution >= 4 is 17.1 Å². The number of aromatic nitrogens is 1. The lowest BCUT2D eigenvalue weighted by atomic mass is 10.1. The van der Waals surface area contributed by atoms with Crippen LogP contribution in [0.15, 0.2) is 78.0 Å². The zero-order valence-electron chi connectivity index (χ0n) is 18.1. The quantitative estimate of drug-likeness (QED) is 0.329. The molecule has 0 bridgehead atoms. The van der Waals surface area contributed by atoms with Gasteiger partial charge in [0.1, 0.15) is 0 Å². The van der Waals surface area contributed by atoms with E-state index in [0.717, 1.165) is 27.6 Å². The molecule has 0 fully saturated rings. The molecule has 6 nitrogen and oxygen atoms in total. The van der Waals surface area contributed by atoms with Gasteiger partial charge in [-0.15, -0.1) is 0 Å². The number of nitrogens with zero attached hydrogens (tertiary/aromatic N) is 3. The molecule has 1 N–H and O–H groups in total. The molecule has 3 aromatic carbocycles. The van der Waals surface area contributed by atoms with E-state index in [2.05, 4.69) is 39.5 Å². The molecule has 0 saturated heterocycles. The molecule has 32 heavy (non-hydrogen) atoms. The predicted octanol–water partition coefficient (Wildman–Crippen LogP) is 4.70. The molecule has 0 aliphatic heterocycles. The van der Waals surface area contributed by atoms with Crippen molar-refractivity contribution in [1.29, 1.82) is 5.26 Å². The third-order valence-corrected chi connectivity index (χ3v) is 5.32. The van der Waals surface area contributed by atoms with Crippen LogP contribution in [0, 0.1) is 11.3 Å². The number of hydrogen-bond donors (Lipinski definition) is 1. The second kappa shape index (κ2) is 9.71. The van der Waals surface area contributed by atoms with Crippen molar-refractivity contribution in [2.75, 3.05) is 14.2 Å². The van der Waals surface area contributed by atoms with Crippen LogP contribution in [0.1, 0.15) is 22.3 Å². The molecule has 0 amide bonds. The third-order valence-electron chi connectivity index (χ3n) is 5.32. The Morgan fingerprint density at radius 1 is 1.00 bits per heavy atom. The molecule has 160 valence electrons. The molecule has 6 heteroatoms. The fourth-order valence-electron chi connectivity index (χ4n) is 3.70. The summed E-state index contributed by atoms with van der Waals surface area (Å²) in [5, 5.41) is 14.9. The summed E-state index contributed by atoms with van der Waals surface area (Å²) >= 11 is 0. The largest absolute Gasteiger partial charge is 0.493 e. The first kappa shape index (κ1) is 21.0. The van der Waals surface area contributed by atoms with E-state index in [0.29, 0.717) is 30.2 Å². The molecule has 1 heterocycles. The number of nitrogens with one attached hydrogen (secondary N) is 1. The Kier molecular flexibility index (Phi) is 6.38. The van der Waals surface area contributed by atoms with E-state index in [1.54, 1.807) is 14.2 Å². The van der Waals surface area contributed by atoms with Gasteiger partial charge in [0.2, 0.25) is 0 Å². The van der Waals surface area contributed by atoms with Gasteiger partial charge in [-0.2, -0.15) is 10.4 Å². The van der Waals surface area contributed by atoms with Crippen LogP contribution < -0.4 is 14.9 Å². The van der Waals surface area contributed by atoms with E-state index in [1.807, 2.05) is 60.8 Å². The summed E-state index contributed by atoms with van der Waals surface area (Å²) in [5.41, 5.74) is 7.93. The number of nitriles is 1. The van der Waals surface area contributed by atoms with Gasteiger partial charge in [-0.05, 0) is 35.4 Å². The van der Waals surface area contributed by atoms with Crippen LogP contribution in [0.3, 0.4) is 0 Å². The van der Waals surface area contributed by atoms with Crippen LogP contribution in [0.4, 0.5) is 0 Å². The van der Waals surface area contributed by atoms with E-state index in [4.69, 9.17) is 9.47 Å². The summed E-state index contributed by atoms with van der Waals surface area (Å²) in [6.45, 7) is 1.18. The number of fused-ring (bicyclic) bond motifs is 1. The van der Waals surface area contributed by atoms with E-state index in [1.165, 1.54) is 0 Å². The second-order valence-electron chi connectivity index (χ2n) is 7.28. The molecule has 0 saturated carbocycles. The van der Waals surface area contributed by atoms with E-state index in [-0.39, 0.29) is 0 Å². The highest BCUT2D eigenvalue weighted by Gasteiger charge is 2.09.